The van der Waals surface area contributed by atoms with E-state index in [4.69, 9.17) is 30.5 Å². The van der Waals surface area contributed by atoms with E-state index < -0.39 is 23.9 Å². The van der Waals surface area contributed by atoms with E-state index in [0.717, 1.165) is 5.56 Å². The van der Waals surface area contributed by atoms with E-state index in [-0.39, 0.29) is 24.5 Å². The number of allylic oxidation sites excluding steroid dienone is 1. The van der Waals surface area contributed by atoms with Crippen LogP contribution in [0.1, 0.15) is 36.6 Å². The molecule has 0 aliphatic carbocycles. The third-order valence-electron chi connectivity index (χ3n) is 6.36. The normalized spacial score (nSPS) is 14.4. The van der Waals surface area contributed by atoms with Crippen LogP contribution in [0.3, 0.4) is 0 Å². The van der Waals surface area contributed by atoms with E-state index in [9.17, 15) is 14.4 Å². The molecule has 1 aliphatic rings. The van der Waals surface area contributed by atoms with Crippen LogP contribution in [0.15, 0.2) is 79.9 Å². The average molecular weight is 765 g/mol. The summed E-state index contributed by atoms with van der Waals surface area (Å²) in [5, 5.41) is 9.99. The third-order valence-corrected chi connectivity index (χ3v) is 7.79. The summed E-state index contributed by atoms with van der Waals surface area (Å²) in [6.07, 6.45) is 1.48. The summed E-state index contributed by atoms with van der Waals surface area (Å²) >= 11 is 13.0. The summed E-state index contributed by atoms with van der Waals surface area (Å²) in [4.78, 5) is 37.2. The Kier molecular flexibility index (Phi) is 11.9. The van der Waals surface area contributed by atoms with Gasteiger partial charge in [0.25, 0.3) is 5.91 Å². The van der Waals surface area contributed by atoms with Crippen LogP contribution >= 0.6 is 43.5 Å². The molecule has 0 bridgehead atoms. The zero-order valence-electron chi connectivity index (χ0n) is 24.4. The predicted molar refractivity (Wildman–Crippen MR) is 176 cm³/mol. The van der Waals surface area contributed by atoms with E-state index in [1.165, 1.54) is 13.3 Å². The summed E-state index contributed by atoms with van der Waals surface area (Å²) in [5.41, 5.74) is 5.30. The van der Waals surface area contributed by atoms with Crippen molar-refractivity contribution < 1.29 is 33.3 Å². The molecule has 3 amide bonds. The topological polar surface area (TPSA) is 137 Å². The van der Waals surface area contributed by atoms with Gasteiger partial charge in [0.15, 0.2) is 18.1 Å². The Morgan fingerprint density at radius 2 is 1.76 bits per heavy atom. The Balaban J connectivity index is 1.35. The third kappa shape index (κ3) is 8.99. The number of nitrogens with zero attached hydrogens (tertiary/aromatic N) is 1. The van der Waals surface area contributed by atoms with Crippen molar-refractivity contribution in [3.05, 3.63) is 96.5 Å². The summed E-state index contributed by atoms with van der Waals surface area (Å²) in [6, 6.07) is 14.6. The molecule has 236 valence electrons. The van der Waals surface area contributed by atoms with Crippen LogP contribution in [-0.4, -0.2) is 44.4 Å². The van der Waals surface area contributed by atoms with E-state index in [0.29, 0.717) is 48.9 Å². The molecule has 3 aromatic rings. The van der Waals surface area contributed by atoms with Crippen LogP contribution in [0.5, 0.6) is 17.2 Å². The molecule has 3 aromatic carbocycles. The number of urea groups is 1. The van der Waals surface area contributed by atoms with Crippen molar-refractivity contribution in [3.8, 4) is 17.2 Å². The van der Waals surface area contributed by atoms with Gasteiger partial charge in [-0.2, -0.15) is 5.10 Å². The fourth-order valence-corrected chi connectivity index (χ4v) is 5.87. The smallest absolute Gasteiger partial charge is 0.338 e. The Morgan fingerprint density at radius 1 is 1.04 bits per heavy atom. The minimum atomic E-state index is -0.775. The number of carbonyl (C=O) groups is 3. The maximum Gasteiger partial charge on any atom is 0.338 e. The zero-order chi connectivity index (χ0) is 32.5. The molecule has 0 fully saturated rings. The number of methoxy groups -OCH3 is 1. The number of esters is 1. The molecular formula is C31H29Br2ClN4O7. The van der Waals surface area contributed by atoms with Crippen LogP contribution in [-0.2, 0) is 20.9 Å². The second-order valence-electron chi connectivity index (χ2n) is 9.51. The summed E-state index contributed by atoms with van der Waals surface area (Å²) in [7, 11) is 1.44. The first-order valence-electron chi connectivity index (χ1n) is 13.5. The van der Waals surface area contributed by atoms with Crippen LogP contribution in [0.2, 0.25) is 5.02 Å². The lowest BCUT2D eigenvalue weighted by Crippen LogP contribution is -2.45. The molecule has 0 unspecified atom stereocenters. The van der Waals surface area contributed by atoms with Crippen molar-refractivity contribution in [2.75, 3.05) is 20.3 Å². The van der Waals surface area contributed by atoms with E-state index in [1.807, 2.05) is 12.1 Å². The molecule has 0 saturated heterocycles. The first-order chi connectivity index (χ1) is 21.6. The highest BCUT2D eigenvalue weighted by Gasteiger charge is 2.32. The second kappa shape index (κ2) is 15.8. The highest BCUT2D eigenvalue weighted by molar-refractivity contribution is 9.11. The SMILES string of the molecule is CCOC(=O)C1=C(C)NC(=O)N[C@@H]1c1ccc(OCC(=O)N/N=C\c2cc(Br)c(OCc3ccc(Cl)cc3)c(Br)c2)c(OC)c1. The molecule has 14 heteroatoms. The molecule has 4 rings (SSSR count). The van der Waals surface area contributed by atoms with Crippen LogP contribution in [0.4, 0.5) is 4.79 Å². The van der Waals surface area contributed by atoms with Crippen LogP contribution < -0.4 is 30.3 Å². The number of halogens is 3. The number of rotatable bonds is 12. The van der Waals surface area contributed by atoms with Crippen molar-refractivity contribution in [2.45, 2.75) is 26.5 Å². The number of amides is 3. The number of ether oxygens (including phenoxy) is 4. The van der Waals surface area contributed by atoms with E-state index in [1.54, 1.807) is 56.3 Å². The van der Waals surface area contributed by atoms with Gasteiger partial charge >= 0.3 is 12.0 Å². The van der Waals surface area contributed by atoms with Crippen LogP contribution in [0, 0.1) is 0 Å². The molecule has 11 nitrogen and oxygen atoms in total. The minimum absolute atomic E-state index is 0.181. The largest absolute Gasteiger partial charge is 0.493 e. The highest BCUT2D eigenvalue weighted by Crippen LogP contribution is 2.36. The molecule has 45 heavy (non-hydrogen) atoms. The Bertz CT molecular complexity index is 1620. The van der Waals surface area contributed by atoms with Crippen molar-refractivity contribution in [2.24, 2.45) is 5.10 Å². The van der Waals surface area contributed by atoms with Gasteiger partial charge in [0.1, 0.15) is 12.4 Å². The monoisotopic (exact) mass is 762 g/mol. The fraction of sp³-hybridized carbons (Fsp3) is 0.226. The molecule has 0 spiro atoms. The number of carbonyl (C=O) groups excluding carboxylic acids is 3. The molecule has 1 heterocycles. The zero-order valence-corrected chi connectivity index (χ0v) is 28.3. The summed E-state index contributed by atoms with van der Waals surface area (Å²) in [6.45, 7) is 3.51. The van der Waals surface area contributed by atoms with Crippen LogP contribution in [0.25, 0.3) is 0 Å². The average Bonchev–Trinajstić information content (AvgIpc) is 3.00. The Hall–Kier alpha value is -4.07. The maximum absolute atomic E-state index is 12.6. The molecule has 0 saturated carbocycles. The second-order valence-corrected chi connectivity index (χ2v) is 11.7. The number of hydrogen-bond donors (Lipinski definition) is 3. The standard InChI is InChI=1S/C31H29Br2ClN4O7/c1-4-43-30(40)27-17(2)36-31(41)37-28(27)20-7-10-24(25(13-20)42-3)44-16-26(39)38-35-14-19-11-22(32)29(23(33)12-19)45-15-18-5-8-21(34)9-6-18/h5-14,28H,4,15-16H2,1-3H3,(H,38,39)(H2,36,37,41)/b35-14-/t28-/m1/s1. The summed E-state index contributed by atoms with van der Waals surface area (Å²) in [5.74, 6) is 0.131. The highest BCUT2D eigenvalue weighted by atomic mass is 79.9. The fourth-order valence-electron chi connectivity index (χ4n) is 4.29. The number of benzene rings is 3. The molecule has 1 aliphatic heterocycles. The van der Waals surface area contributed by atoms with Gasteiger partial charge in [0.05, 0.1) is 40.5 Å². The summed E-state index contributed by atoms with van der Waals surface area (Å²) < 4.78 is 23.6. The molecular weight excluding hydrogens is 736 g/mol. The molecule has 0 aromatic heterocycles. The van der Waals surface area contributed by atoms with Gasteiger partial charge in [0, 0.05) is 10.7 Å². The first-order valence-corrected chi connectivity index (χ1v) is 15.5. The lowest BCUT2D eigenvalue weighted by Gasteiger charge is -2.28. The number of hydrogen-bond acceptors (Lipinski definition) is 8. The van der Waals surface area contributed by atoms with E-state index >= 15 is 0 Å². The number of nitrogens with one attached hydrogen (secondary N) is 3. The quantitative estimate of drug-likeness (QED) is 0.114. The van der Waals surface area contributed by atoms with Gasteiger partial charge < -0.3 is 29.6 Å². The molecule has 3 N–H and O–H groups in total. The van der Waals surface area contributed by atoms with Gasteiger partial charge in [-0.25, -0.2) is 15.0 Å². The lowest BCUT2D eigenvalue weighted by atomic mass is 9.95. The lowest BCUT2D eigenvalue weighted by molar-refractivity contribution is -0.139. The van der Waals surface area contributed by atoms with Crippen molar-refractivity contribution in [3.63, 3.8) is 0 Å². The van der Waals surface area contributed by atoms with Gasteiger partial charge in [-0.05, 0) is 98.8 Å². The predicted octanol–water partition coefficient (Wildman–Crippen LogP) is 6.17. The van der Waals surface area contributed by atoms with Crippen molar-refractivity contribution in [1.82, 2.24) is 16.1 Å². The van der Waals surface area contributed by atoms with Gasteiger partial charge in [-0.15, -0.1) is 0 Å². The van der Waals surface area contributed by atoms with Crippen molar-refractivity contribution in [1.29, 1.82) is 0 Å². The Labute approximate surface area is 281 Å². The molecule has 1 atom stereocenters. The van der Waals surface area contributed by atoms with Gasteiger partial charge in [-0.1, -0.05) is 29.8 Å². The van der Waals surface area contributed by atoms with Gasteiger partial charge in [-0.3, -0.25) is 4.79 Å². The molecule has 0 radical (unpaired) electrons. The minimum Gasteiger partial charge on any atom is -0.493 e. The van der Waals surface area contributed by atoms with Crippen molar-refractivity contribution >= 4 is 67.6 Å². The van der Waals surface area contributed by atoms with E-state index in [2.05, 4.69) is 53.0 Å². The first kappa shape index (κ1) is 33.8. The van der Waals surface area contributed by atoms with Gasteiger partial charge in [0.2, 0.25) is 0 Å². The number of hydrazone groups is 1. The Morgan fingerprint density at radius 3 is 2.42 bits per heavy atom. The maximum atomic E-state index is 12.6.